The van der Waals surface area contributed by atoms with E-state index in [0.29, 0.717) is 37.4 Å². The summed E-state index contributed by atoms with van der Waals surface area (Å²) < 4.78 is 7.78. The fourth-order valence-electron chi connectivity index (χ4n) is 4.14. The molecule has 0 spiro atoms. The minimum atomic E-state index is -0.519. The SMILES string of the molecule is Cc1ccc(C(=O)Oc2c(Br)cc(Br)cc2C=NNC(=O)c2[nH]c3c(Br)cccc3c2-c2ccccc2Cl)cc1. The number of nitrogens with one attached hydrogen (secondary N) is 2. The molecular formula is C30H19Br3ClN3O3. The van der Waals surface area contributed by atoms with Gasteiger partial charge in [0.25, 0.3) is 5.91 Å². The van der Waals surface area contributed by atoms with Crippen LogP contribution < -0.4 is 10.2 Å². The molecule has 0 aliphatic carbocycles. The van der Waals surface area contributed by atoms with Crippen LogP contribution >= 0.6 is 59.4 Å². The summed E-state index contributed by atoms with van der Waals surface area (Å²) in [6.45, 7) is 1.94. The van der Waals surface area contributed by atoms with E-state index in [1.54, 1.807) is 30.3 Å². The maximum atomic E-state index is 13.4. The van der Waals surface area contributed by atoms with Gasteiger partial charge in [-0.05, 0) is 75.2 Å². The number of halogens is 4. The third-order valence-electron chi connectivity index (χ3n) is 6.04. The molecule has 0 aliphatic rings. The first-order valence-electron chi connectivity index (χ1n) is 11.9. The van der Waals surface area contributed by atoms with E-state index in [-0.39, 0.29) is 5.75 Å². The number of hydrogen-bond acceptors (Lipinski definition) is 4. The summed E-state index contributed by atoms with van der Waals surface area (Å²) in [4.78, 5) is 29.4. The van der Waals surface area contributed by atoms with E-state index < -0.39 is 11.9 Å². The molecule has 5 aromatic rings. The van der Waals surface area contributed by atoms with Gasteiger partial charge in [-0.3, -0.25) is 4.79 Å². The number of carbonyl (C=O) groups excluding carboxylic acids is 2. The predicted molar refractivity (Wildman–Crippen MR) is 169 cm³/mol. The standard InChI is InChI=1S/C30H19Br3ClN3O3/c1-16-9-11-17(12-10-16)30(39)40-28-18(13-19(31)14-23(28)33)15-35-37-29(38)27-25(20-5-2-3-8-24(20)34)21-6-4-7-22(32)26(21)36-27/h2-15,36H,1H3,(H,37,38). The third kappa shape index (κ3) is 5.93. The number of benzene rings is 4. The Balaban J connectivity index is 1.46. The van der Waals surface area contributed by atoms with Crippen molar-refractivity contribution >= 4 is 88.4 Å². The van der Waals surface area contributed by atoms with Gasteiger partial charge in [0.1, 0.15) is 5.69 Å². The molecule has 0 atom stereocenters. The Morgan fingerprint density at radius 3 is 2.45 bits per heavy atom. The van der Waals surface area contributed by atoms with E-state index in [0.717, 1.165) is 25.4 Å². The Bertz CT molecular complexity index is 1800. The van der Waals surface area contributed by atoms with Crippen molar-refractivity contribution in [1.29, 1.82) is 0 Å². The number of H-pyrrole nitrogens is 1. The summed E-state index contributed by atoms with van der Waals surface area (Å²) >= 11 is 17.0. The van der Waals surface area contributed by atoms with Gasteiger partial charge in [-0.2, -0.15) is 5.10 Å². The zero-order chi connectivity index (χ0) is 28.4. The lowest BCUT2D eigenvalue weighted by Crippen LogP contribution is -2.19. The number of ether oxygens (including phenoxy) is 1. The molecule has 40 heavy (non-hydrogen) atoms. The van der Waals surface area contributed by atoms with Crippen LogP contribution in [-0.2, 0) is 0 Å². The zero-order valence-corrected chi connectivity index (χ0v) is 26.3. The van der Waals surface area contributed by atoms with Gasteiger partial charge in [-0.25, -0.2) is 10.2 Å². The van der Waals surface area contributed by atoms with Crippen molar-refractivity contribution in [2.75, 3.05) is 0 Å². The van der Waals surface area contributed by atoms with Crippen LogP contribution in [0, 0.1) is 6.92 Å². The molecule has 10 heteroatoms. The number of hydrazone groups is 1. The second-order valence-electron chi connectivity index (χ2n) is 8.78. The molecule has 0 bridgehead atoms. The molecule has 5 rings (SSSR count). The fraction of sp³-hybridized carbons (Fsp3) is 0.0333. The Morgan fingerprint density at radius 2 is 1.70 bits per heavy atom. The predicted octanol–water partition coefficient (Wildman–Crippen LogP) is 9.07. The molecule has 4 aromatic carbocycles. The lowest BCUT2D eigenvalue weighted by atomic mass is 10.0. The van der Waals surface area contributed by atoms with Crippen LogP contribution in [0.5, 0.6) is 5.75 Å². The van der Waals surface area contributed by atoms with Crippen LogP contribution in [0.4, 0.5) is 0 Å². The first kappa shape index (κ1) is 28.3. The second kappa shape index (κ2) is 12.1. The number of esters is 1. The number of aromatic nitrogens is 1. The van der Waals surface area contributed by atoms with Gasteiger partial charge in [0.15, 0.2) is 5.75 Å². The summed E-state index contributed by atoms with van der Waals surface area (Å²) in [7, 11) is 0. The first-order valence-corrected chi connectivity index (χ1v) is 14.6. The number of para-hydroxylation sites is 1. The average molecular weight is 745 g/mol. The summed E-state index contributed by atoms with van der Waals surface area (Å²) in [6, 6.07) is 23.6. The van der Waals surface area contributed by atoms with Gasteiger partial charge >= 0.3 is 5.97 Å². The van der Waals surface area contributed by atoms with Crippen molar-refractivity contribution < 1.29 is 14.3 Å². The first-order chi connectivity index (χ1) is 19.2. The Hall–Kier alpha value is -3.24. The third-order valence-corrected chi connectivity index (χ3v) is 8.08. The van der Waals surface area contributed by atoms with E-state index in [1.807, 2.05) is 55.5 Å². The van der Waals surface area contributed by atoms with Gasteiger partial charge in [-0.15, -0.1) is 0 Å². The quantitative estimate of drug-likeness (QED) is 0.0788. The number of fused-ring (bicyclic) bond motifs is 1. The molecule has 0 radical (unpaired) electrons. The highest BCUT2D eigenvalue weighted by Gasteiger charge is 2.22. The molecule has 1 heterocycles. The zero-order valence-electron chi connectivity index (χ0n) is 20.8. The summed E-state index contributed by atoms with van der Waals surface area (Å²) in [5.41, 5.74) is 6.92. The largest absolute Gasteiger partial charge is 0.421 e. The van der Waals surface area contributed by atoms with Crippen molar-refractivity contribution in [1.82, 2.24) is 10.4 Å². The highest BCUT2D eigenvalue weighted by molar-refractivity contribution is 9.11. The minimum absolute atomic E-state index is 0.262. The van der Waals surface area contributed by atoms with Gasteiger partial charge < -0.3 is 9.72 Å². The van der Waals surface area contributed by atoms with E-state index >= 15 is 0 Å². The summed E-state index contributed by atoms with van der Waals surface area (Å²) in [5, 5.41) is 5.53. The van der Waals surface area contributed by atoms with Crippen LogP contribution in [0.25, 0.3) is 22.0 Å². The van der Waals surface area contributed by atoms with Crippen LogP contribution in [-0.4, -0.2) is 23.1 Å². The van der Waals surface area contributed by atoms with Crippen molar-refractivity contribution in [2.45, 2.75) is 6.92 Å². The molecule has 1 amide bonds. The highest BCUT2D eigenvalue weighted by atomic mass is 79.9. The van der Waals surface area contributed by atoms with Crippen molar-refractivity contribution in [3.8, 4) is 16.9 Å². The summed E-state index contributed by atoms with van der Waals surface area (Å²) in [5.74, 6) is -0.727. The van der Waals surface area contributed by atoms with Crippen molar-refractivity contribution in [2.24, 2.45) is 5.10 Å². The van der Waals surface area contributed by atoms with Crippen LogP contribution in [0.3, 0.4) is 0 Å². The highest BCUT2D eigenvalue weighted by Crippen LogP contribution is 2.39. The molecule has 0 aliphatic heterocycles. The summed E-state index contributed by atoms with van der Waals surface area (Å²) in [6.07, 6.45) is 1.42. The Morgan fingerprint density at radius 1 is 0.950 bits per heavy atom. The molecule has 0 unspecified atom stereocenters. The lowest BCUT2D eigenvalue weighted by molar-refractivity contribution is 0.0733. The Labute approximate surface area is 260 Å². The Kier molecular flexibility index (Phi) is 8.56. The molecule has 6 nitrogen and oxygen atoms in total. The normalized spacial score (nSPS) is 11.2. The van der Waals surface area contributed by atoms with Gasteiger partial charge in [-0.1, -0.05) is 75.6 Å². The van der Waals surface area contributed by atoms with Gasteiger partial charge in [0.05, 0.1) is 21.8 Å². The molecule has 0 fully saturated rings. The average Bonchev–Trinajstić information content (AvgIpc) is 3.32. The maximum Gasteiger partial charge on any atom is 0.343 e. The molecule has 0 saturated carbocycles. The van der Waals surface area contributed by atoms with Crippen LogP contribution in [0.15, 0.2) is 97.4 Å². The van der Waals surface area contributed by atoms with E-state index in [1.165, 1.54) is 6.21 Å². The second-order valence-corrected chi connectivity index (χ2v) is 11.8. The molecule has 200 valence electrons. The molecule has 1 aromatic heterocycles. The fourth-order valence-corrected chi connectivity index (χ4v) is 6.17. The van der Waals surface area contributed by atoms with E-state index in [4.69, 9.17) is 16.3 Å². The molecule has 2 N–H and O–H groups in total. The number of hydrogen-bond donors (Lipinski definition) is 2. The number of nitrogens with zero attached hydrogens (tertiary/aromatic N) is 1. The lowest BCUT2D eigenvalue weighted by Gasteiger charge is -2.11. The number of carbonyl (C=O) groups is 2. The van der Waals surface area contributed by atoms with Crippen LogP contribution in [0.1, 0.15) is 32.0 Å². The maximum absolute atomic E-state index is 13.4. The topological polar surface area (TPSA) is 83.5 Å². The van der Waals surface area contributed by atoms with Gasteiger partial charge in [0, 0.05) is 36.0 Å². The minimum Gasteiger partial charge on any atom is -0.421 e. The van der Waals surface area contributed by atoms with Crippen LogP contribution in [0.2, 0.25) is 5.02 Å². The number of aryl methyl sites for hydroxylation is 1. The van der Waals surface area contributed by atoms with E-state index in [2.05, 4.69) is 63.3 Å². The number of amides is 1. The molecular weight excluding hydrogens is 726 g/mol. The van der Waals surface area contributed by atoms with E-state index in [9.17, 15) is 9.59 Å². The monoisotopic (exact) mass is 741 g/mol. The van der Waals surface area contributed by atoms with Crippen molar-refractivity contribution in [3.05, 3.63) is 120 Å². The van der Waals surface area contributed by atoms with Crippen molar-refractivity contribution in [3.63, 3.8) is 0 Å². The van der Waals surface area contributed by atoms with Gasteiger partial charge in [0.2, 0.25) is 0 Å². The number of aromatic amines is 1. The number of rotatable bonds is 6. The molecule has 0 saturated heterocycles. The smallest absolute Gasteiger partial charge is 0.343 e.